The van der Waals surface area contributed by atoms with Gasteiger partial charge < -0.3 is 19.3 Å². The summed E-state index contributed by atoms with van der Waals surface area (Å²) in [6.45, 7) is 4.90. The molecule has 0 amide bonds. The molecular formula is C15H21N3O8. The van der Waals surface area contributed by atoms with E-state index in [9.17, 15) is 24.8 Å². The minimum atomic E-state index is -1.46. The highest BCUT2D eigenvalue weighted by molar-refractivity contribution is 5.01. The van der Waals surface area contributed by atoms with Crippen LogP contribution in [0.15, 0.2) is 21.9 Å². The third-order valence-electron chi connectivity index (χ3n) is 4.61. The first-order valence-electron chi connectivity index (χ1n) is 8.28. The highest BCUT2D eigenvalue weighted by Crippen LogP contribution is 2.44. The molecule has 2 N–H and O–H groups in total. The van der Waals surface area contributed by atoms with Crippen LogP contribution in [0.25, 0.3) is 0 Å². The Balaban J connectivity index is 1.97. The lowest BCUT2D eigenvalue weighted by atomic mass is 9.98. The number of nitrogens with one attached hydrogen (secondary N) is 1. The summed E-state index contributed by atoms with van der Waals surface area (Å²) in [5.41, 5.74) is -1.29. The standard InChI is InChI=1S/C15H21N3O8/c1-4-7(18(22)23)9(20)10-11-12(26-15(2,3)25-11)13(24-10)17-6-5-8(19)16-14(17)21/h5-7,9-13,20H,4H2,1-3H3,(H,16,19,21). The fraction of sp³-hybridized carbons (Fsp3) is 0.733. The Morgan fingerprint density at radius 2 is 2.04 bits per heavy atom. The largest absolute Gasteiger partial charge is 0.383 e. The van der Waals surface area contributed by atoms with Crippen LogP contribution in [0.1, 0.15) is 33.4 Å². The second-order valence-electron chi connectivity index (χ2n) is 6.82. The van der Waals surface area contributed by atoms with Gasteiger partial charge in [-0.2, -0.15) is 0 Å². The molecule has 2 aliphatic heterocycles. The molecular weight excluding hydrogens is 350 g/mol. The summed E-state index contributed by atoms with van der Waals surface area (Å²) >= 11 is 0. The highest BCUT2D eigenvalue weighted by Gasteiger charge is 2.59. The molecule has 2 aliphatic rings. The first kappa shape index (κ1) is 18.7. The van der Waals surface area contributed by atoms with Crippen LogP contribution < -0.4 is 11.2 Å². The molecule has 6 unspecified atom stereocenters. The summed E-state index contributed by atoms with van der Waals surface area (Å²) in [6.07, 6.45) is -3.77. The maximum absolute atomic E-state index is 12.1. The average molecular weight is 371 g/mol. The molecule has 0 saturated carbocycles. The Labute approximate surface area is 147 Å². The number of nitrogens with zero attached hydrogens (tertiary/aromatic N) is 2. The van der Waals surface area contributed by atoms with Crippen LogP contribution in [0.5, 0.6) is 0 Å². The van der Waals surface area contributed by atoms with Gasteiger partial charge in [0.1, 0.15) is 24.4 Å². The maximum atomic E-state index is 12.1. The number of H-pyrrole nitrogens is 1. The van der Waals surface area contributed by atoms with Gasteiger partial charge in [0.05, 0.1) is 0 Å². The minimum Gasteiger partial charge on any atom is -0.383 e. The van der Waals surface area contributed by atoms with E-state index < -0.39 is 58.6 Å². The molecule has 0 aromatic carbocycles. The van der Waals surface area contributed by atoms with Gasteiger partial charge in [0.2, 0.25) is 6.04 Å². The van der Waals surface area contributed by atoms with Crippen molar-refractivity contribution >= 4 is 0 Å². The quantitative estimate of drug-likeness (QED) is 0.514. The number of aliphatic hydroxyl groups excluding tert-OH is 1. The van der Waals surface area contributed by atoms with E-state index in [1.165, 1.54) is 6.20 Å². The number of ether oxygens (including phenoxy) is 3. The van der Waals surface area contributed by atoms with E-state index in [4.69, 9.17) is 14.2 Å². The average Bonchev–Trinajstić information content (AvgIpc) is 3.01. The smallest absolute Gasteiger partial charge is 0.330 e. The van der Waals surface area contributed by atoms with Crippen LogP contribution in [0.4, 0.5) is 0 Å². The van der Waals surface area contributed by atoms with Crippen LogP contribution in [-0.2, 0) is 14.2 Å². The Kier molecular flexibility index (Phi) is 4.73. The molecule has 26 heavy (non-hydrogen) atoms. The Hall–Kier alpha value is -2.08. The van der Waals surface area contributed by atoms with Crippen molar-refractivity contribution in [3.8, 4) is 0 Å². The van der Waals surface area contributed by atoms with Crippen LogP contribution >= 0.6 is 0 Å². The topological polar surface area (TPSA) is 146 Å². The fourth-order valence-corrected chi connectivity index (χ4v) is 3.47. The molecule has 0 spiro atoms. The number of nitro groups is 1. The van der Waals surface area contributed by atoms with Gasteiger partial charge in [-0.3, -0.25) is 24.5 Å². The lowest BCUT2D eigenvalue weighted by molar-refractivity contribution is -0.538. The van der Waals surface area contributed by atoms with Crippen molar-refractivity contribution in [2.45, 2.75) is 69.7 Å². The monoisotopic (exact) mass is 371 g/mol. The molecule has 1 aromatic rings. The summed E-state index contributed by atoms with van der Waals surface area (Å²) in [6, 6.07) is -0.102. The van der Waals surface area contributed by atoms with Crippen LogP contribution in [0.2, 0.25) is 0 Å². The third-order valence-corrected chi connectivity index (χ3v) is 4.61. The van der Waals surface area contributed by atoms with Gasteiger partial charge in [-0.1, -0.05) is 6.92 Å². The summed E-state index contributed by atoms with van der Waals surface area (Å²) < 4.78 is 18.5. The molecule has 11 heteroatoms. The lowest BCUT2D eigenvalue weighted by Gasteiger charge is -2.27. The zero-order valence-corrected chi connectivity index (χ0v) is 14.5. The van der Waals surface area contributed by atoms with Gasteiger partial charge in [0.15, 0.2) is 12.0 Å². The van der Waals surface area contributed by atoms with Gasteiger partial charge in [-0.15, -0.1) is 0 Å². The van der Waals surface area contributed by atoms with Crippen molar-refractivity contribution < 1.29 is 24.2 Å². The van der Waals surface area contributed by atoms with Gasteiger partial charge in [0.25, 0.3) is 5.56 Å². The van der Waals surface area contributed by atoms with Gasteiger partial charge in [-0.05, 0) is 13.8 Å². The molecule has 2 saturated heterocycles. The number of rotatable bonds is 5. The van der Waals surface area contributed by atoms with E-state index in [0.717, 1.165) is 10.6 Å². The Bertz CT molecular complexity index is 803. The predicted octanol–water partition coefficient (Wildman–Crippen LogP) is -0.630. The van der Waals surface area contributed by atoms with Gasteiger partial charge in [-0.25, -0.2) is 4.79 Å². The molecule has 3 rings (SSSR count). The molecule has 0 aliphatic carbocycles. The molecule has 1 aromatic heterocycles. The fourth-order valence-electron chi connectivity index (χ4n) is 3.47. The summed E-state index contributed by atoms with van der Waals surface area (Å²) in [7, 11) is 0. The Morgan fingerprint density at radius 1 is 1.38 bits per heavy atom. The lowest BCUT2D eigenvalue weighted by Crippen LogP contribution is -2.47. The zero-order valence-electron chi connectivity index (χ0n) is 14.5. The Morgan fingerprint density at radius 3 is 2.62 bits per heavy atom. The second kappa shape index (κ2) is 6.58. The molecule has 0 radical (unpaired) electrons. The van der Waals surface area contributed by atoms with Gasteiger partial charge in [0, 0.05) is 23.6 Å². The number of hydrogen-bond acceptors (Lipinski definition) is 8. The first-order valence-corrected chi connectivity index (χ1v) is 8.28. The SMILES string of the molecule is CCC(C(O)C1OC(n2ccc(=O)[nH]c2=O)C2OC(C)(C)OC12)[N+](=O)[O-]. The highest BCUT2D eigenvalue weighted by atomic mass is 16.8. The van der Waals surface area contributed by atoms with Crippen molar-refractivity contribution in [1.29, 1.82) is 0 Å². The van der Waals surface area contributed by atoms with Crippen LogP contribution in [0.3, 0.4) is 0 Å². The van der Waals surface area contributed by atoms with Gasteiger partial charge >= 0.3 is 5.69 Å². The van der Waals surface area contributed by atoms with Crippen molar-refractivity contribution in [1.82, 2.24) is 9.55 Å². The second-order valence-corrected chi connectivity index (χ2v) is 6.82. The first-order chi connectivity index (χ1) is 12.1. The summed E-state index contributed by atoms with van der Waals surface area (Å²) in [5.74, 6) is -1.02. The van der Waals surface area contributed by atoms with Crippen molar-refractivity contribution in [2.24, 2.45) is 0 Å². The van der Waals surface area contributed by atoms with E-state index in [-0.39, 0.29) is 6.42 Å². The van der Waals surface area contributed by atoms with Crippen LogP contribution in [-0.4, -0.2) is 55.8 Å². The molecule has 11 nitrogen and oxygen atoms in total. The number of fused-ring (bicyclic) bond motifs is 1. The van der Waals surface area contributed by atoms with E-state index in [1.807, 2.05) is 0 Å². The molecule has 6 atom stereocenters. The summed E-state index contributed by atoms with van der Waals surface area (Å²) in [4.78, 5) is 36.2. The van der Waals surface area contributed by atoms with E-state index in [1.54, 1.807) is 20.8 Å². The normalized spacial score (nSPS) is 32.2. The number of hydrogen-bond donors (Lipinski definition) is 2. The van der Waals surface area contributed by atoms with Crippen LogP contribution in [0, 0.1) is 10.1 Å². The van der Waals surface area contributed by atoms with E-state index in [0.29, 0.717) is 0 Å². The zero-order chi connectivity index (χ0) is 19.2. The predicted molar refractivity (Wildman–Crippen MR) is 86.1 cm³/mol. The minimum absolute atomic E-state index is 0.0962. The maximum Gasteiger partial charge on any atom is 0.330 e. The summed E-state index contributed by atoms with van der Waals surface area (Å²) in [5, 5.41) is 21.7. The van der Waals surface area contributed by atoms with Crippen molar-refractivity contribution in [2.75, 3.05) is 0 Å². The number of aromatic amines is 1. The molecule has 3 heterocycles. The third kappa shape index (κ3) is 3.18. The molecule has 2 fully saturated rings. The molecule has 144 valence electrons. The number of aliphatic hydroxyl groups is 1. The van der Waals surface area contributed by atoms with E-state index in [2.05, 4.69) is 4.98 Å². The van der Waals surface area contributed by atoms with Crippen molar-refractivity contribution in [3.63, 3.8) is 0 Å². The number of aromatic nitrogens is 2. The molecule has 0 bridgehead atoms. The van der Waals surface area contributed by atoms with Crippen molar-refractivity contribution in [3.05, 3.63) is 43.2 Å². The van der Waals surface area contributed by atoms with E-state index >= 15 is 0 Å².